The normalized spacial score (nSPS) is 21.7. The van der Waals surface area contributed by atoms with E-state index in [1.54, 1.807) is 37.6 Å². The van der Waals surface area contributed by atoms with Gasteiger partial charge >= 0.3 is 0 Å². The summed E-state index contributed by atoms with van der Waals surface area (Å²) >= 11 is 12.1. The minimum absolute atomic E-state index is 0.168. The van der Waals surface area contributed by atoms with Crippen LogP contribution in [0.15, 0.2) is 42.6 Å². The van der Waals surface area contributed by atoms with Gasteiger partial charge in [0.15, 0.2) is 17.3 Å². The Hall–Kier alpha value is -2.25. The molecule has 174 valence electrons. The molecule has 33 heavy (non-hydrogen) atoms. The van der Waals surface area contributed by atoms with E-state index < -0.39 is 0 Å². The molecular formula is C25H26Cl2N2O4. The van der Waals surface area contributed by atoms with Crippen molar-refractivity contribution in [2.24, 2.45) is 0 Å². The van der Waals surface area contributed by atoms with Crippen molar-refractivity contribution in [2.45, 2.75) is 25.0 Å². The third kappa shape index (κ3) is 4.71. The van der Waals surface area contributed by atoms with Crippen molar-refractivity contribution in [1.29, 1.82) is 0 Å². The lowest BCUT2D eigenvalue weighted by Gasteiger charge is -2.26. The molecule has 6 nitrogen and oxygen atoms in total. The van der Waals surface area contributed by atoms with E-state index in [0.29, 0.717) is 40.1 Å². The van der Waals surface area contributed by atoms with E-state index in [9.17, 15) is 4.79 Å². The van der Waals surface area contributed by atoms with Crippen molar-refractivity contribution in [1.82, 2.24) is 4.90 Å². The van der Waals surface area contributed by atoms with Crippen LogP contribution in [0.1, 0.15) is 22.3 Å². The second-order valence-electron chi connectivity index (χ2n) is 8.57. The number of carbonyl (C=O) groups is 1. The third-order valence-corrected chi connectivity index (χ3v) is 7.10. The lowest BCUT2D eigenvalue weighted by atomic mass is 10.1. The highest BCUT2D eigenvalue weighted by Crippen LogP contribution is 2.39. The van der Waals surface area contributed by atoms with Crippen molar-refractivity contribution in [2.75, 3.05) is 44.9 Å². The number of halogens is 2. The average molecular weight is 489 g/mol. The molecule has 2 aromatic carbocycles. The number of morpholine rings is 1. The molecule has 0 aliphatic carbocycles. The van der Waals surface area contributed by atoms with Crippen molar-refractivity contribution in [3.05, 3.63) is 63.8 Å². The first-order valence-corrected chi connectivity index (χ1v) is 11.9. The van der Waals surface area contributed by atoms with Gasteiger partial charge in [0.25, 0.3) is 0 Å². The van der Waals surface area contributed by atoms with Crippen molar-refractivity contribution in [3.8, 4) is 11.5 Å². The van der Waals surface area contributed by atoms with Gasteiger partial charge in [-0.25, -0.2) is 0 Å². The Labute approximate surface area is 203 Å². The number of methoxy groups -OCH3 is 1. The fraction of sp³-hybridized carbons (Fsp3) is 0.400. The Balaban J connectivity index is 1.27. The van der Waals surface area contributed by atoms with Crippen LogP contribution < -0.4 is 14.4 Å². The van der Waals surface area contributed by atoms with Crippen LogP contribution in [0, 0.1) is 0 Å². The SMILES string of the molecule is COc1cc2c(cc1OCCN1CC3CC1CO3)N(/C=C/C(=O)c1ccc(Cl)cc1Cl)CC2. The summed E-state index contributed by atoms with van der Waals surface area (Å²) in [6.45, 7) is 4.04. The highest BCUT2D eigenvalue weighted by atomic mass is 35.5. The molecular weight excluding hydrogens is 463 g/mol. The van der Waals surface area contributed by atoms with Crippen LogP contribution >= 0.6 is 23.2 Å². The van der Waals surface area contributed by atoms with E-state index >= 15 is 0 Å². The zero-order valence-corrected chi connectivity index (χ0v) is 19.9. The first-order valence-electron chi connectivity index (χ1n) is 11.2. The molecule has 5 rings (SSSR count). The van der Waals surface area contributed by atoms with Gasteiger partial charge in [-0.2, -0.15) is 0 Å². The second-order valence-corrected chi connectivity index (χ2v) is 9.41. The molecule has 0 N–H and O–H groups in total. The van der Waals surface area contributed by atoms with Crippen molar-refractivity contribution < 1.29 is 19.0 Å². The third-order valence-electron chi connectivity index (χ3n) is 6.55. The molecule has 0 aromatic heterocycles. The summed E-state index contributed by atoms with van der Waals surface area (Å²) in [5, 5.41) is 0.846. The maximum Gasteiger partial charge on any atom is 0.188 e. The minimum Gasteiger partial charge on any atom is -0.493 e. The molecule has 0 saturated carbocycles. The first kappa shape index (κ1) is 22.5. The Morgan fingerprint density at radius 2 is 2.12 bits per heavy atom. The second kappa shape index (κ2) is 9.55. The van der Waals surface area contributed by atoms with Crippen LogP contribution in [0.5, 0.6) is 11.5 Å². The number of anilines is 1. The molecule has 3 aliphatic heterocycles. The van der Waals surface area contributed by atoms with Gasteiger partial charge in [0.05, 0.1) is 24.8 Å². The highest BCUT2D eigenvalue weighted by molar-refractivity contribution is 6.37. The predicted molar refractivity (Wildman–Crippen MR) is 129 cm³/mol. The van der Waals surface area contributed by atoms with Crippen LogP contribution in [0.25, 0.3) is 0 Å². The quantitative estimate of drug-likeness (QED) is 0.399. The van der Waals surface area contributed by atoms with E-state index in [2.05, 4.69) is 9.80 Å². The molecule has 0 amide bonds. The number of hydrogen-bond acceptors (Lipinski definition) is 6. The molecule has 2 atom stereocenters. The van der Waals surface area contributed by atoms with E-state index in [-0.39, 0.29) is 5.78 Å². The molecule has 0 radical (unpaired) electrons. The van der Waals surface area contributed by atoms with Gasteiger partial charge in [0.2, 0.25) is 0 Å². The number of hydrogen-bond donors (Lipinski definition) is 0. The molecule has 2 unspecified atom stereocenters. The standard InChI is InChI=1S/C25H26Cl2N2O4/c1-31-24-10-16-4-6-28(7-5-23(30)20-3-2-17(26)11-21(20)27)22(16)13-25(24)32-9-8-29-14-19-12-18(29)15-33-19/h2-3,5,7,10-11,13,18-19H,4,6,8-9,12,14-15H2,1H3/b7-5+. The lowest BCUT2D eigenvalue weighted by molar-refractivity contribution is 0.0257. The molecule has 0 spiro atoms. The maximum atomic E-state index is 12.6. The molecule has 2 fully saturated rings. The van der Waals surface area contributed by atoms with Crippen LogP contribution in [-0.4, -0.2) is 62.8 Å². The van der Waals surface area contributed by atoms with E-state index in [0.717, 1.165) is 56.1 Å². The summed E-state index contributed by atoms with van der Waals surface area (Å²) in [6, 6.07) is 9.44. The summed E-state index contributed by atoms with van der Waals surface area (Å²) in [5.74, 6) is 1.28. The average Bonchev–Trinajstić information content (AvgIpc) is 3.52. The Morgan fingerprint density at radius 3 is 2.85 bits per heavy atom. The van der Waals surface area contributed by atoms with Crippen molar-refractivity contribution in [3.63, 3.8) is 0 Å². The van der Waals surface area contributed by atoms with Gasteiger partial charge in [0, 0.05) is 60.3 Å². The van der Waals surface area contributed by atoms with E-state index in [1.807, 2.05) is 12.1 Å². The van der Waals surface area contributed by atoms with Gasteiger partial charge in [-0.15, -0.1) is 0 Å². The fourth-order valence-electron chi connectivity index (χ4n) is 4.81. The maximum absolute atomic E-state index is 12.6. The topological polar surface area (TPSA) is 51.2 Å². The number of rotatable bonds is 8. The van der Waals surface area contributed by atoms with Gasteiger partial charge in [-0.3, -0.25) is 9.69 Å². The van der Waals surface area contributed by atoms with Gasteiger partial charge in [-0.05, 0) is 42.7 Å². The smallest absolute Gasteiger partial charge is 0.188 e. The fourth-order valence-corrected chi connectivity index (χ4v) is 5.31. The largest absolute Gasteiger partial charge is 0.493 e. The number of ether oxygens (including phenoxy) is 3. The number of allylic oxidation sites excluding steroid dienone is 1. The summed E-state index contributed by atoms with van der Waals surface area (Å²) in [5.41, 5.74) is 2.61. The summed E-state index contributed by atoms with van der Waals surface area (Å²) < 4.78 is 17.4. The minimum atomic E-state index is -0.168. The molecule has 3 aliphatic rings. The number of carbonyl (C=O) groups excluding carboxylic acids is 1. The zero-order valence-electron chi connectivity index (χ0n) is 18.4. The number of likely N-dealkylation sites (tertiary alicyclic amines) is 1. The summed E-state index contributed by atoms with van der Waals surface area (Å²) in [7, 11) is 1.66. The molecule has 2 bridgehead atoms. The van der Waals surface area contributed by atoms with Gasteiger partial charge < -0.3 is 19.1 Å². The predicted octanol–water partition coefficient (Wildman–Crippen LogP) is 4.61. The van der Waals surface area contributed by atoms with Gasteiger partial charge in [-0.1, -0.05) is 23.2 Å². The number of benzene rings is 2. The number of nitrogens with zero attached hydrogens (tertiary/aromatic N) is 2. The Kier molecular flexibility index (Phi) is 6.52. The number of ketones is 1. The summed E-state index contributed by atoms with van der Waals surface area (Å²) in [6.07, 6.45) is 5.72. The van der Waals surface area contributed by atoms with Crippen LogP contribution in [0.3, 0.4) is 0 Å². The van der Waals surface area contributed by atoms with E-state index in [1.165, 1.54) is 0 Å². The zero-order chi connectivity index (χ0) is 22.9. The first-order chi connectivity index (χ1) is 16.0. The van der Waals surface area contributed by atoms with Crippen LogP contribution in [-0.2, 0) is 11.2 Å². The monoisotopic (exact) mass is 488 g/mol. The highest BCUT2D eigenvalue weighted by Gasteiger charge is 2.38. The molecule has 2 saturated heterocycles. The van der Waals surface area contributed by atoms with Crippen molar-refractivity contribution >= 4 is 34.7 Å². The molecule has 3 heterocycles. The summed E-state index contributed by atoms with van der Waals surface area (Å²) in [4.78, 5) is 17.1. The van der Waals surface area contributed by atoms with Crippen LogP contribution in [0.2, 0.25) is 10.0 Å². The molecule has 2 aromatic rings. The van der Waals surface area contributed by atoms with Crippen LogP contribution in [0.4, 0.5) is 5.69 Å². The molecule has 8 heteroatoms. The Bertz CT molecular complexity index is 1090. The van der Waals surface area contributed by atoms with E-state index in [4.69, 9.17) is 37.4 Å². The lowest BCUT2D eigenvalue weighted by Crippen LogP contribution is -2.39. The van der Waals surface area contributed by atoms with Gasteiger partial charge in [0.1, 0.15) is 6.61 Å². The number of fused-ring (bicyclic) bond motifs is 3. The Morgan fingerprint density at radius 1 is 1.24 bits per heavy atom.